The Hall–Kier alpha value is -1.63. The molecule has 1 fully saturated rings. The number of carbonyl (C=O) groups is 1. The quantitative estimate of drug-likeness (QED) is 0.785. The van der Waals surface area contributed by atoms with Crippen molar-refractivity contribution in [2.75, 3.05) is 26.8 Å². The molecule has 0 saturated carbocycles. The van der Waals surface area contributed by atoms with Gasteiger partial charge < -0.3 is 9.64 Å². The number of ether oxygens (including phenoxy) is 1. The van der Waals surface area contributed by atoms with E-state index in [9.17, 15) is 9.59 Å². The molecule has 23 heavy (non-hydrogen) atoms. The molecule has 0 radical (unpaired) electrons. The molecule has 1 amide bonds. The minimum atomic E-state index is -0.0692. The summed E-state index contributed by atoms with van der Waals surface area (Å²) in [6.45, 7) is 8.87. The number of nitrogens with zero attached hydrogens (tertiary/aromatic N) is 4. The standard InChI is InChI=1S/C16H28N4O3/c1-5-19-14(17-20(16(19)22)10-11-23-4)13-6-8-18(9-7-13)15(21)12(2)3/h12-13H,5-11H2,1-4H3. The maximum absolute atomic E-state index is 12.4. The zero-order chi connectivity index (χ0) is 17.0. The highest BCUT2D eigenvalue weighted by Crippen LogP contribution is 2.26. The molecule has 0 bridgehead atoms. The lowest BCUT2D eigenvalue weighted by Crippen LogP contribution is -2.40. The molecule has 0 aliphatic carbocycles. The Balaban J connectivity index is 2.11. The Bertz CT molecular complexity index is 583. The van der Waals surface area contributed by atoms with Gasteiger partial charge in [-0.25, -0.2) is 9.48 Å². The predicted octanol–water partition coefficient (Wildman–Crippen LogP) is 1.07. The number of aromatic nitrogens is 3. The minimum absolute atomic E-state index is 0.0358. The van der Waals surface area contributed by atoms with Gasteiger partial charge in [0.15, 0.2) is 0 Å². The SMILES string of the molecule is CCn1c(C2CCN(C(=O)C(C)C)CC2)nn(CCOC)c1=O. The van der Waals surface area contributed by atoms with Gasteiger partial charge in [-0.1, -0.05) is 13.8 Å². The van der Waals surface area contributed by atoms with Crippen LogP contribution in [0.25, 0.3) is 0 Å². The van der Waals surface area contributed by atoms with E-state index >= 15 is 0 Å². The number of methoxy groups -OCH3 is 1. The van der Waals surface area contributed by atoms with Crippen molar-refractivity contribution in [2.24, 2.45) is 5.92 Å². The molecule has 1 saturated heterocycles. The summed E-state index contributed by atoms with van der Waals surface area (Å²) in [4.78, 5) is 26.4. The van der Waals surface area contributed by atoms with Crippen molar-refractivity contribution in [3.05, 3.63) is 16.3 Å². The molecule has 2 heterocycles. The first-order chi connectivity index (χ1) is 11.0. The lowest BCUT2D eigenvalue weighted by molar-refractivity contribution is -0.135. The third-order valence-electron chi connectivity index (χ3n) is 4.44. The molecule has 1 aromatic heterocycles. The van der Waals surface area contributed by atoms with E-state index in [2.05, 4.69) is 5.10 Å². The molecule has 7 nitrogen and oxygen atoms in total. The molecular weight excluding hydrogens is 296 g/mol. The van der Waals surface area contributed by atoms with Crippen LogP contribution < -0.4 is 5.69 Å². The fourth-order valence-electron chi connectivity index (χ4n) is 3.10. The van der Waals surface area contributed by atoms with Crippen LogP contribution in [0.3, 0.4) is 0 Å². The van der Waals surface area contributed by atoms with Crippen molar-refractivity contribution in [1.82, 2.24) is 19.2 Å². The summed E-state index contributed by atoms with van der Waals surface area (Å²) in [6, 6.07) is 0. The van der Waals surface area contributed by atoms with Crippen LogP contribution in [0.15, 0.2) is 4.79 Å². The summed E-state index contributed by atoms with van der Waals surface area (Å²) in [5, 5.41) is 4.53. The summed E-state index contributed by atoms with van der Waals surface area (Å²) in [5.41, 5.74) is -0.0692. The van der Waals surface area contributed by atoms with E-state index in [-0.39, 0.29) is 23.4 Å². The Labute approximate surface area is 137 Å². The molecule has 1 aliphatic heterocycles. The van der Waals surface area contributed by atoms with Gasteiger partial charge in [-0.3, -0.25) is 9.36 Å². The summed E-state index contributed by atoms with van der Waals surface area (Å²) < 4.78 is 8.28. The molecule has 1 aromatic rings. The number of carbonyl (C=O) groups excluding carboxylic acids is 1. The molecule has 2 rings (SSSR count). The lowest BCUT2D eigenvalue weighted by Gasteiger charge is -2.32. The summed E-state index contributed by atoms with van der Waals surface area (Å²) >= 11 is 0. The van der Waals surface area contributed by atoms with Gasteiger partial charge in [-0.15, -0.1) is 0 Å². The molecule has 0 unspecified atom stereocenters. The second-order valence-corrected chi connectivity index (χ2v) is 6.36. The van der Waals surface area contributed by atoms with Crippen molar-refractivity contribution >= 4 is 5.91 Å². The smallest absolute Gasteiger partial charge is 0.345 e. The number of rotatable bonds is 6. The fraction of sp³-hybridized carbons (Fsp3) is 0.812. The Morgan fingerprint density at radius 3 is 2.52 bits per heavy atom. The normalized spacial score (nSPS) is 16.3. The average molecular weight is 324 g/mol. The molecular formula is C16H28N4O3. The Morgan fingerprint density at radius 2 is 2.00 bits per heavy atom. The highest BCUT2D eigenvalue weighted by atomic mass is 16.5. The van der Waals surface area contributed by atoms with E-state index in [0.29, 0.717) is 19.7 Å². The molecule has 1 aliphatic rings. The Kier molecular flexibility index (Phi) is 5.98. The summed E-state index contributed by atoms with van der Waals surface area (Å²) in [6.07, 6.45) is 1.72. The van der Waals surface area contributed by atoms with Crippen LogP contribution in [-0.4, -0.2) is 52.0 Å². The van der Waals surface area contributed by atoms with Crippen molar-refractivity contribution < 1.29 is 9.53 Å². The van der Waals surface area contributed by atoms with E-state index in [1.165, 1.54) is 4.68 Å². The van der Waals surface area contributed by atoms with Gasteiger partial charge in [0.25, 0.3) is 0 Å². The second-order valence-electron chi connectivity index (χ2n) is 6.36. The summed E-state index contributed by atoms with van der Waals surface area (Å²) in [5.74, 6) is 1.34. The van der Waals surface area contributed by atoms with Gasteiger partial charge >= 0.3 is 5.69 Å². The lowest BCUT2D eigenvalue weighted by atomic mass is 9.95. The zero-order valence-corrected chi connectivity index (χ0v) is 14.6. The number of likely N-dealkylation sites (tertiary alicyclic amines) is 1. The van der Waals surface area contributed by atoms with Crippen LogP contribution in [-0.2, 0) is 22.6 Å². The van der Waals surface area contributed by atoms with Gasteiger partial charge in [-0.05, 0) is 19.8 Å². The summed E-state index contributed by atoms with van der Waals surface area (Å²) in [7, 11) is 1.62. The van der Waals surface area contributed by atoms with Crippen LogP contribution in [0.5, 0.6) is 0 Å². The molecule has 130 valence electrons. The molecule has 0 aromatic carbocycles. The van der Waals surface area contributed by atoms with Gasteiger partial charge in [0.1, 0.15) is 5.82 Å². The number of amides is 1. The first-order valence-corrected chi connectivity index (χ1v) is 8.44. The van der Waals surface area contributed by atoms with Crippen molar-refractivity contribution in [3.63, 3.8) is 0 Å². The van der Waals surface area contributed by atoms with Gasteiger partial charge in [0, 0.05) is 38.6 Å². The van der Waals surface area contributed by atoms with E-state index in [1.54, 1.807) is 11.7 Å². The molecule has 0 N–H and O–H groups in total. The maximum atomic E-state index is 12.4. The van der Waals surface area contributed by atoms with Crippen LogP contribution in [0, 0.1) is 5.92 Å². The first-order valence-electron chi connectivity index (χ1n) is 8.44. The van der Waals surface area contributed by atoms with Crippen molar-refractivity contribution in [3.8, 4) is 0 Å². The Morgan fingerprint density at radius 1 is 1.35 bits per heavy atom. The fourth-order valence-corrected chi connectivity index (χ4v) is 3.10. The number of piperidine rings is 1. The molecule has 7 heteroatoms. The first kappa shape index (κ1) is 17.7. The van der Waals surface area contributed by atoms with E-state index < -0.39 is 0 Å². The van der Waals surface area contributed by atoms with Gasteiger partial charge in [-0.2, -0.15) is 5.10 Å². The predicted molar refractivity (Wildman–Crippen MR) is 87.4 cm³/mol. The number of hydrogen-bond acceptors (Lipinski definition) is 4. The van der Waals surface area contributed by atoms with Crippen LogP contribution >= 0.6 is 0 Å². The van der Waals surface area contributed by atoms with Crippen molar-refractivity contribution in [2.45, 2.75) is 52.6 Å². The third kappa shape index (κ3) is 3.83. The van der Waals surface area contributed by atoms with Gasteiger partial charge in [0.2, 0.25) is 5.91 Å². The molecule has 0 spiro atoms. The monoisotopic (exact) mass is 324 g/mol. The zero-order valence-electron chi connectivity index (χ0n) is 14.6. The third-order valence-corrected chi connectivity index (χ3v) is 4.44. The highest BCUT2D eigenvalue weighted by molar-refractivity contribution is 5.78. The van der Waals surface area contributed by atoms with E-state index in [0.717, 1.165) is 31.8 Å². The maximum Gasteiger partial charge on any atom is 0.345 e. The highest BCUT2D eigenvalue weighted by Gasteiger charge is 2.28. The van der Waals surface area contributed by atoms with Crippen LogP contribution in [0.2, 0.25) is 0 Å². The van der Waals surface area contributed by atoms with E-state index in [4.69, 9.17) is 4.74 Å². The van der Waals surface area contributed by atoms with Crippen LogP contribution in [0.4, 0.5) is 0 Å². The van der Waals surface area contributed by atoms with E-state index in [1.807, 2.05) is 25.7 Å². The van der Waals surface area contributed by atoms with Crippen molar-refractivity contribution in [1.29, 1.82) is 0 Å². The largest absolute Gasteiger partial charge is 0.383 e. The second kappa shape index (κ2) is 7.77. The average Bonchev–Trinajstić information content (AvgIpc) is 2.88. The molecule has 0 atom stereocenters. The van der Waals surface area contributed by atoms with Gasteiger partial charge in [0.05, 0.1) is 13.2 Å². The number of hydrogen-bond donors (Lipinski definition) is 0. The topological polar surface area (TPSA) is 69.4 Å². The van der Waals surface area contributed by atoms with Crippen LogP contribution in [0.1, 0.15) is 45.4 Å². The minimum Gasteiger partial charge on any atom is -0.383 e.